The van der Waals surface area contributed by atoms with Crippen LogP contribution in [-0.2, 0) is 4.74 Å². The normalized spacial score (nSPS) is 18.0. The molecule has 2 N–H and O–H groups in total. The molecule has 1 aliphatic heterocycles. The minimum Gasteiger partial charge on any atom is -0.478 e. The summed E-state index contributed by atoms with van der Waals surface area (Å²) in [7, 11) is 0. The molecule has 106 valence electrons. The van der Waals surface area contributed by atoms with Crippen molar-refractivity contribution in [2.45, 2.75) is 31.8 Å². The lowest BCUT2D eigenvalue weighted by Crippen LogP contribution is -2.42. The van der Waals surface area contributed by atoms with Crippen LogP contribution in [0.3, 0.4) is 0 Å². The highest BCUT2D eigenvalue weighted by atomic mass is 16.5. The van der Waals surface area contributed by atoms with Crippen LogP contribution in [0, 0.1) is 0 Å². The lowest BCUT2D eigenvalue weighted by Gasteiger charge is -2.32. The first-order valence-electron chi connectivity index (χ1n) is 6.72. The third-order valence-electron chi connectivity index (χ3n) is 3.08. The van der Waals surface area contributed by atoms with Crippen LogP contribution in [0.2, 0.25) is 0 Å². The monoisotopic (exact) mass is 267 g/mol. The highest BCUT2D eigenvalue weighted by molar-refractivity contribution is 5.28. The van der Waals surface area contributed by atoms with Crippen LogP contribution in [-0.4, -0.2) is 47.0 Å². The van der Waals surface area contributed by atoms with E-state index < -0.39 is 5.60 Å². The van der Waals surface area contributed by atoms with E-state index in [0.29, 0.717) is 51.0 Å². The Bertz CT molecular complexity index is 394. The molecule has 2 heterocycles. The molecule has 0 atom stereocenters. The lowest BCUT2D eigenvalue weighted by molar-refractivity contribution is -0.0544. The molecule has 0 bridgehead atoms. The number of rotatable bonds is 6. The Morgan fingerprint density at radius 1 is 1.47 bits per heavy atom. The van der Waals surface area contributed by atoms with Crippen molar-refractivity contribution in [1.82, 2.24) is 9.97 Å². The van der Waals surface area contributed by atoms with E-state index in [4.69, 9.17) is 9.47 Å². The SMILES string of the molecule is CCCOc1ccnc(NCC2(O)CCOCC2)n1. The molecule has 0 saturated carbocycles. The molecular weight excluding hydrogens is 246 g/mol. The molecule has 1 fully saturated rings. The molecule has 6 nitrogen and oxygen atoms in total. The Morgan fingerprint density at radius 3 is 3.00 bits per heavy atom. The average Bonchev–Trinajstić information content (AvgIpc) is 2.44. The van der Waals surface area contributed by atoms with Crippen LogP contribution in [0.5, 0.6) is 5.88 Å². The number of anilines is 1. The number of hydrogen-bond acceptors (Lipinski definition) is 6. The average molecular weight is 267 g/mol. The van der Waals surface area contributed by atoms with E-state index in [2.05, 4.69) is 15.3 Å². The molecule has 0 spiro atoms. The van der Waals surface area contributed by atoms with Crippen LogP contribution in [0.1, 0.15) is 26.2 Å². The van der Waals surface area contributed by atoms with Crippen molar-refractivity contribution in [1.29, 1.82) is 0 Å². The topological polar surface area (TPSA) is 76.5 Å². The summed E-state index contributed by atoms with van der Waals surface area (Å²) in [6.45, 7) is 4.30. The maximum Gasteiger partial charge on any atom is 0.226 e. The van der Waals surface area contributed by atoms with Crippen molar-refractivity contribution < 1.29 is 14.6 Å². The number of nitrogens with zero attached hydrogens (tertiary/aromatic N) is 2. The lowest BCUT2D eigenvalue weighted by atomic mass is 9.94. The number of ether oxygens (including phenoxy) is 2. The maximum absolute atomic E-state index is 10.3. The highest BCUT2D eigenvalue weighted by Crippen LogP contribution is 2.20. The van der Waals surface area contributed by atoms with Gasteiger partial charge in [-0.1, -0.05) is 6.92 Å². The van der Waals surface area contributed by atoms with E-state index in [1.807, 2.05) is 6.92 Å². The molecule has 1 aliphatic rings. The van der Waals surface area contributed by atoms with Crippen LogP contribution in [0.25, 0.3) is 0 Å². The Morgan fingerprint density at radius 2 is 2.26 bits per heavy atom. The first kappa shape index (κ1) is 14.0. The Labute approximate surface area is 113 Å². The first-order chi connectivity index (χ1) is 9.22. The van der Waals surface area contributed by atoms with Crippen molar-refractivity contribution in [3.63, 3.8) is 0 Å². The minimum atomic E-state index is -0.734. The Hall–Kier alpha value is -1.40. The maximum atomic E-state index is 10.3. The van der Waals surface area contributed by atoms with Gasteiger partial charge in [0.1, 0.15) is 0 Å². The summed E-state index contributed by atoms with van der Waals surface area (Å²) in [5.74, 6) is 1.03. The zero-order chi connectivity index (χ0) is 13.6. The van der Waals surface area contributed by atoms with Gasteiger partial charge in [0, 0.05) is 44.9 Å². The number of nitrogens with one attached hydrogen (secondary N) is 1. The molecule has 1 aromatic heterocycles. The third-order valence-corrected chi connectivity index (χ3v) is 3.08. The summed E-state index contributed by atoms with van der Waals surface area (Å²) in [6.07, 6.45) is 3.85. The fourth-order valence-corrected chi connectivity index (χ4v) is 1.89. The van der Waals surface area contributed by atoms with E-state index in [0.717, 1.165) is 6.42 Å². The molecule has 0 aliphatic carbocycles. The largest absolute Gasteiger partial charge is 0.478 e. The standard InChI is InChI=1S/C13H21N3O3/c1-2-7-19-11-3-6-14-12(16-11)15-10-13(17)4-8-18-9-5-13/h3,6,17H,2,4-5,7-10H2,1H3,(H,14,15,16). The molecule has 1 saturated heterocycles. The van der Waals surface area contributed by atoms with Crippen molar-refractivity contribution in [2.24, 2.45) is 0 Å². The van der Waals surface area contributed by atoms with Gasteiger partial charge in [-0.2, -0.15) is 4.98 Å². The molecule has 0 amide bonds. The van der Waals surface area contributed by atoms with Crippen LogP contribution < -0.4 is 10.1 Å². The first-order valence-corrected chi connectivity index (χ1v) is 6.72. The van der Waals surface area contributed by atoms with E-state index in [-0.39, 0.29) is 0 Å². The molecule has 6 heteroatoms. The van der Waals surface area contributed by atoms with Gasteiger partial charge in [-0.3, -0.25) is 0 Å². The summed E-state index contributed by atoms with van der Waals surface area (Å²) in [6, 6.07) is 1.73. The molecule has 19 heavy (non-hydrogen) atoms. The smallest absolute Gasteiger partial charge is 0.226 e. The molecular formula is C13H21N3O3. The Balaban J connectivity index is 1.88. The number of aromatic nitrogens is 2. The summed E-state index contributed by atoms with van der Waals surface area (Å²) >= 11 is 0. The van der Waals surface area contributed by atoms with Crippen molar-refractivity contribution >= 4 is 5.95 Å². The summed E-state index contributed by atoms with van der Waals surface area (Å²) in [5, 5.41) is 13.4. The van der Waals surface area contributed by atoms with E-state index in [9.17, 15) is 5.11 Å². The zero-order valence-corrected chi connectivity index (χ0v) is 11.3. The highest BCUT2D eigenvalue weighted by Gasteiger charge is 2.29. The van der Waals surface area contributed by atoms with Gasteiger partial charge in [-0.15, -0.1) is 0 Å². The molecule has 1 aromatic rings. The second-order valence-electron chi connectivity index (χ2n) is 4.76. The second kappa shape index (κ2) is 6.68. The van der Waals surface area contributed by atoms with Gasteiger partial charge >= 0.3 is 0 Å². The predicted molar refractivity (Wildman–Crippen MR) is 71.3 cm³/mol. The van der Waals surface area contributed by atoms with Crippen molar-refractivity contribution in [3.8, 4) is 5.88 Å². The quantitative estimate of drug-likeness (QED) is 0.807. The third kappa shape index (κ3) is 4.33. The van der Waals surface area contributed by atoms with Gasteiger partial charge in [-0.25, -0.2) is 4.98 Å². The molecule has 2 rings (SSSR count). The Kier molecular flexibility index (Phi) is 4.93. The fourth-order valence-electron chi connectivity index (χ4n) is 1.89. The van der Waals surface area contributed by atoms with Crippen LogP contribution >= 0.6 is 0 Å². The van der Waals surface area contributed by atoms with Gasteiger partial charge in [-0.05, 0) is 6.42 Å². The van der Waals surface area contributed by atoms with Gasteiger partial charge in [0.05, 0.1) is 12.2 Å². The predicted octanol–water partition coefficient (Wildman–Crippen LogP) is 1.22. The van der Waals surface area contributed by atoms with Gasteiger partial charge in [0.2, 0.25) is 11.8 Å². The second-order valence-corrected chi connectivity index (χ2v) is 4.76. The van der Waals surface area contributed by atoms with E-state index >= 15 is 0 Å². The van der Waals surface area contributed by atoms with Crippen molar-refractivity contribution in [3.05, 3.63) is 12.3 Å². The van der Waals surface area contributed by atoms with Gasteiger partial charge in [0.25, 0.3) is 0 Å². The van der Waals surface area contributed by atoms with E-state index in [1.165, 1.54) is 0 Å². The molecule has 0 radical (unpaired) electrons. The van der Waals surface area contributed by atoms with Crippen molar-refractivity contribution in [2.75, 3.05) is 31.7 Å². The van der Waals surface area contributed by atoms with Crippen LogP contribution in [0.4, 0.5) is 5.95 Å². The number of hydrogen-bond donors (Lipinski definition) is 2. The summed E-state index contributed by atoms with van der Waals surface area (Å²) in [5.41, 5.74) is -0.734. The summed E-state index contributed by atoms with van der Waals surface area (Å²) in [4.78, 5) is 8.36. The van der Waals surface area contributed by atoms with Gasteiger partial charge in [0.15, 0.2) is 0 Å². The number of aliphatic hydroxyl groups is 1. The van der Waals surface area contributed by atoms with Crippen LogP contribution in [0.15, 0.2) is 12.3 Å². The minimum absolute atomic E-state index is 0.424. The molecule has 0 unspecified atom stereocenters. The molecule has 0 aromatic carbocycles. The fraction of sp³-hybridized carbons (Fsp3) is 0.692. The van der Waals surface area contributed by atoms with Gasteiger partial charge < -0.3 is 19.9 Å². The zero-order valence-electron chi connectivity index (χ0n) is 11.3. The van der Waals surface area contributed by atoms with E-state index in [1.54, 1.807) is 12.3 Å². The summed E-state index contributed by atoms with van der Waals surface area (Å²) < 4.78 is 10.7.